The van der Waals surface area contributed by atoms with Gasteiger partial charge < -0.3 is 4.90 Å². The lowest BCUT2D eigenvalue weighted by Crippen LogP contribution is -2.22. The van der Waals surface area contributed by atoms with E-state index >= 15 is 0 Å². The van der Waals surface area contributed by atoms with E-state index in [1.165, 1.54) is 17.1 Å². The minimum Gasteiger partial charge on any atom is -0.311 e. The molecule has 2 nitrogen and oxygen atoms in total. The van der Waals surface area contributed by atoms with Crippen LogP contribution in [0, 0.1) is 0 Å². The van der Waals surface area contributed by atoms with Crippen molar-refractivity contribution in [3.05, 3.63) is 128 Å². The molecule has 2 heteroatoms. The molecule has 0 fully saturated rings. The Bertz CT molecular complexity index is 827. The molecule has 0 spiro atoms. The molecule has 132 valence electrons. The van der Waals surface area contributed by atoms with Gasteiger partial charge in [0.05, 0.1) is 0 Å². The number of benzene rings is 3. The average molecular weight is 351 g/mol. The molecule has 3 aromatic carbocycles. The Morgan fingerprint density at radius 3 is 1.15 bits per heavy atom. The smallest absolute Gasteiger partial charge is 0.174 e. The van der Waals surface area contributed by atoms with Crippen molar-refractivity contribution in [3.63, 3.8) is 0 Å². The molecule has 0 aliphatic carbocycles. The molecule has 0 unspecified atom stereocenters. The van der Waals surface area contributed by atoms with Crippen molar-refractivity contribution in [2.24, 2.45) is 0 Å². The van der Waals surface area contributed by atoms with Crippen LogP contribution in [0.2, 0.25) is 0 Å². The predicted molar refractivity (Wildman–Crippen MR) is 114 cm³/mol. The molecule has 27 heavy (non-hydrogen) atoms. The van der Waals surface area contributed by atoms with Gasteiger partial charge in [0.25, 0.3) is 0 Å². The first kappa shape index (κ1) is 18.2. The van der Waals surface area contributed by atoms with E-state index < -0.39 is 0 Å². The summed E-state index contributed by atoms with van der Waals surface area (Å²) in [6.07, 6.45) is 5.62. The summed E-state index contributed by atoms with van der Waals surface area (Å²) >= 11 is 0. The van der Waals surface area contributed by atoms with E-state index in [9.17, 15) is 0 Å². The second-order valence-electron chi connectivity index (χ2n) is 5.85. The number of nitrogens with zero attached hydrogens (tertiary/aromatic N) is 2. The normalized spacial score (nSPS) is 9.63. The first-order chi connectivity index (χ1) is 13.4. The van der Waals surface area contributed by atoms with Gasteiger partial charge in [0.15, 0.2) is 18.6 Å². The zero-order chi connectivity index (χ0) is 18.7. The van der Waals surface area contributed by atoms with Crippen LogP contribution in [-0.4, -0.2) is 0 Å². The summed E-state index contributed by atoms with van der Waals surface area (Å²) in [5.74, 6) is 0. The fraction of sp³-hybridized carbons (Fsp3) is 0. The molecule has 0 N–H and O–H groups in total. The van der Waals surface area contributed by atoms with Crippen molar-refractivity contribution in [2.45, 2.75) is 0 Å². The molecular weight excluding hydrogens is 328 g/mol. The Labute approximate surface area is 161 Å². The molecule has 0 saturated heterocycles. The minimum absolute atomic E-state index is 1.17. The van der Waals surface area contributed by atoms with Gasteiger partial charge in [-0.1, -0.05) is 60.7 Å². The Hall–Kier alpha value is -3.65. The quantitative estimate of drug-likeness (QED) is 0.395. The van der Waals surface area contributed by atoms with Crippen molar-refractivity contribution in [3.8, 4) is 0 Å². The lowest BCUT2D eigenvalue weighted by Gasteiger charge is -2.25. The van der Waals surface area contributed by atoms with Gasteiger partial charge in [-0.25, -0.2) is 0 Å². The summed E-state index contributed by atoms with van der Waals surface area (Å²) in [6, 6.07) is 37.1. The molecule has 1 aromatic heterocycles. The number of para-hydroxylation sites is 3. The molecule has 0 radical (unpaired) electrons. The molecule has 0 saturated carbocycles. The van der Waals surface area contributed by atoms with Crippen molar-refractivity contribution in [1.82, 2.24) is 0 Å². The number of rotatable bonds is 4. The molecule has 4 rings (SSSR count). The largest absolute Gasteiger partial charge is 0.311 e. The lowest BCUT2D eigenvalue weighted by atomic mass is 10.2. The molecule has 1 heterocycles. The van der Waals surface area contributed by atoms with E-state index in [1.807, 2.05) is 53.4 Å². The van der Waals surface area contributed by atoms with E-state index in [2.05, 4.69) is 84.3 Å². The van der Waals surface area contributed by atoms with Gasteiger partial charge in [0.2, 0.25) is 0 Å². The zero-order valence-corrected chi connectivity index (χ0v) is 15.2. The summed E-state index contributed by atoms with van der Waals surface area (Å²) < 4.78 is 1.89. The number of aromatic nitrogens is 1. The standard InChI is InChI=1S/C18H15N.C7H8N/c1-4-10-16(11-5-1)19(17-12-6-2-7-13-17)18-14-8-3-9-15-18;1-2-8-6-4-3-5-7-8/h1-15H;2-7H,1H2/q;+1. The number of hydrogen-bond acceptors (Lipinski definition) is 1. The Morgan fingerprint density at radius 1 is 0.519 bits per heavy atom. The van der Waals surface area contributed by atoms with Crippen LogP contribution in [0.15, 0.2) is 128 Å². The summed E-state index contributed by atoms with van der Waals surface area (Å²) in [4.78, 5) is 2.25. The molecule has 0 bridgehead atoms. The molecule has 4 aromatic rings. The SMILES string of the molecule is C=C[n+]1ccccc1.c1ccc(N(c2ccccc2)c2ccccc2)cc1. The third-order valence-electron chi connectivity index (χ3n) is 3.99. The van der Waals surface area contributed by atoms with E-state index in [4.69, 9.17) is 0 Å². The third kappa shape index (κ3) is 5.16. The van der Waals surface area contributed by atoms with Crippen LogP contribution in [0.5, 0.6) is 0 Å². The molecular formula is C25H23N2+. The van der Waals surface area contributed by atoms with Crippen LogP contribution in [-0.2, 0) is 0 Å². The highest BCUT2D eigenvalue weighted by molar-refractivity contribution is 5.76. The average Bonchev–Trinajstić information content (AvgIpc) is 2.77. The number of anilines is 3. The van der Waals surface area contributed by atoms with Gasteiger partial charge in [-0.3, -0.25) is 0 Å². The maximum absolute atomic E-state index is 3.59. The van der Waals surface area contributed by atoms with Crippen LogP contribution >= 0.6 is 0 Å². The van der Waals surface area contributed by atoms with Crippen molar-refractivity contribution < 1.29 is 4.57 Å². The lowest BCUT2D eigenvalue weighted by molar-refractivity contribution is -0.567. The first-order valence-corrected chi connectivity index (χ1v) is 8.92. The zero-order valence-electron chi connectivity index (χ0n) is 15.2. The summed E-state index contributed by atoms with van der Waals surface area (Å²) in [7, 11) is 0. The van der Waals surface area contributed by atoms with Crippen LogP contribution in [0.1, 0.15) is 0 Å². The first-order valence-electron chi connectivity index (χ1n) is 8.92. The summed E-state index contributed by atoms with van der Waals surface area (Å²) in [5, 5.41) is 0. The highest BCUT2D eigenvalue weighted by Gasteiger charge is 2.10. The van der Waals surface area contributed by atoms with E-state index in [1.54, 1.807) is 6.20 Å². The highest BCUT2D eigenvalue weighted by atomic mass is 15.1. The Balaban J connectivity index is 0.000000221. The van der Waals surface area contributed by atoms with E-state index in [0.29, 0.717) is 0 Å². The fourth-order valence-corrected chi connectivity index (χ4v) is 2.71. The van der Waals surface area contributed by atoms with E-state index in [-0.39, 0.29) is 0 Å². The second-order valence-corrected chi connectivity index (χ2v) is 5.85. The van der Waals surface area contributed by atoms with Crippen LogP contribution < -0.4 is 9.47 Å². The maximum atomic E-state index is 3.59. The third-order valence-corrected chi connectivity index (χ3v) is 3.99. The second kappa shape index (κ2) is 9.73. The fourth-order valence-electron chi connectivity index (χ4n) is 2.71. The van der Waals surface area contributed by atoms with Crippen LogP contribution in [0.25, 0.3) is 6.20 Å². The maximum Gasteiger partial charge on any atom is 0.174 e. The molecule has 0 amide bonds. The number of hydrogen-bond donors (Lipinski definition) is 0. The Kier molecular flexibility index (Phi) is 6.54. The molecule has 0 aliphatic rings. The van der Waals surface area contributed by atoms with Gasteiger partial charge in [0, 0.05) is 29.2 Å². The minimum atomic E-state index is 1.17. The van der Waals surface area contributed by atoms with Gasteiger partial charge in [-0.2, -0.15) is 4.57 Å². The summed E-state index contributed by atoms with van der Waals surface area (Å²) in [5.41, 5.74) is 3.50. The van der Waals surface area contributed by atoms with Gasteiger partial charge in [-0.15, -0.1) is 0 Å². The van der Waals surface area contributed by atoms with Gasteiger partial charge >= 0.3 is 0 Å². The van der Waals surface area contributed by atoms with Crippen molar-refractivity contribution in [1.29, 1.82) is 0 Å². The molecule has 0 atom stereocenters. The van der Waals surface area contributed by atoms with Gasteiger partial charge in [0.1, 0.15) is 0 Å². The van der Waals surface area contributed by atoms with Crippen molar-refractivity contribution >= 4 is 23.3 Å². The summed E-state index contributed by atoms with van der Waals surface area (Å²) in [6.45, 7) is 3.59. The highest BCUT2D eigenvalue weighted by Crippen LogP contribution is 2.33. The van der Waals surface area contributed by atoms with Crippen molar-refractivity contribution in [2.75, 3.05) is 4.90 Å². The molecule has 0 aliphatic heterocycles. The van der Waals surface area contributed by atoms with Crippen LogP contribution in [0.4, 0.5) is 17.1 Å². The van der Waals surface area contributed by atoms with Crippen LogP contribution in [0.3, 0.4) is 0 Å². The van der Waals surface area contributed by atoms with Gasteiger partial charge in [-0.05, 0) is 43.0 Å². The monoisotopic (exact) mass is 351 g/mol. The predicted octanol–water partition coefficient (Wildman–Crippen LogP) is 6.23. The number of pyridine rings is 1. The Morgan fingerprint density at radius 2 is 0.852 bits per heavy atom. The van der Waals surface area contributed by atoms with E-state index in [0.717, 1.165) is 0 Å². The topological polar surface area (TPSA) is 7.12 Å².